The van der Waals surface area contributed by atoms with Crippen molar-refractivity contribution in [2.75, 3.05) is 24.7 Å². The maximum atomic E-state index is 12.6. The first-order valence-electron chi connectivity index (χ1n) is 8.17. The summed E-state index contributed by atoms with van der Waals surface area (Å²) in [6, 6.07) is 1.81. The van der Waals surface area contributed by atoms with E-state index in [4.69, 9.17) is 0 Å². The number of nitrogens with one attached hydrogen (secondary N) is 2. The summed E-state index contributed by atoms with van der Waals surface area (Å²) in [4.78, 5) is 26.0. The van der Waals surface area contributed by atoms with Crippen molar-refractivity contribution in [1.82, 2.24) is 10.0 Å². The summed E-state index contributed by atoms with van der Waals surface area (Å²) >= 11 is 3.47. The molecule has 1 aliphatic heterocycles. The van der Waals surface area contributed by atoms with Gasteiger partial charge in [0.2, 0.25) is 5.91 Å². The SMILES string of the molecule is CCNC1CC(C)S(=O)(=O)c2sc(SNC(=O)CSCCO[N+](=O)[O-])cc21. The van der Waals surface area contributed by atoms with Gasteiger partial charge in [-0.1, -0.05) is 6.92 Å². The van der Waals surface area contributed by atoms with Gasteiger partial charge in [0.1, 0.15) is 10.8 Å². The second kappa shape index (κ2) is 9.96. The number of fused-ring (bicyclic) bond motifs is 1. The van der Waals surface area contributed by atoms with Crippen LogP contribution in [0.1, 0.15) is 31.9 Å². The average Bonchev–Trinajstić information content (AvgIpc) is 3.03. The van der Waals surface area contributed by atoms with E-state index in [2.05, 4.69) is 14.9 Å². The fourth-order valence-corrected chi connectivity index (χ4v) is 7.67. The van der Waals surface area contributed by atoms with Crippen LogP contribution in [0.5, 0.6) is 0 Å². The minimum Gasteiger partial charge on any atom is -0.313 e. The topological polar surface area (TPSA) is 128 Å². The third kappa shape index (κ3) is 5.98. The van der Waals surface area contributed by atoms with Crippen LogP contribution in [-0.4, -0.2) is 49.3 Å². The maximum absolute atomic E-state index is 12.6. The molecule has 1 amide bonds. The van der Waals surface area contributed by atoms with E-state index in [1.54, 1.807) is 6.92 Å². The lowest BCUT2D eigenvalue weighted by Crippen LogP contribution is -2.33. The van der Waals surface area contributed by atoms with E-state index in [9.17, 15) is 23.3 Å². The molecule has 9 nitrogen and oxygen atoms in total. The lowest BCUT2D eigenvalue weighted by atomic mass is 10.1. The standard InChI is InChI=1S/C14H21N3O6S4/c1-3-15-11-6-9(2)27(21,22)14-10(11)7-13(25-14)26-16-12(18)8-24-5-4-23-17(19)20/h7,9,11,15H,3-6,8H2,1-2H3,(H,16,18). The molecule has 27 heavy (non-hydrogen) atoms. The van der Waals surface area contributed by atoms with Crippen molar-refractivity contribution in [2.45, 2.75) is 40.0 Å². The molecule has 2 heterocycles. The van der Waals surface area contributed by atoms with Crippen LogP contribution >= 0.6 is 35.0 Å². The van der Waals surface area contributed by atoms with E-state index in [1.165, 1.54) is 23.1 Å². The van der Waals surface area contributed by atoms with E-state index >= 15 is 0 Å². The lowest BCUT2D eigenvalue weighted by molar-refractivity contribution is -0.756. The Morgan fingerprint density at radius 2 is 2.26 bits per heavy atom. The molecule has 1 aliphatic rings. The highest BCUT2D eigenvalue weighted by molar-refractivity contribution is 8.01. The van der Waals surface area contributed by atoms with Gasteiger partial charge < -0.3 is 10.2 Å². The monoisotopic (exact) mass is 455 g/mol. The summed E-state index contributed by atoms with van der Waals surface area (Å²) in [7, 11) is -3.34. The molecule has 2 unspecified atom stereocenters. The molecule has 0 saturated carbocycles. The van der Waals surface area contributed by atoms with Crippen molar-refractivity contribution < 1.29 is 23.1 Å². The van der Waals surface area contributed by atoms with E-state index in [-0.39, 0.29) is 24.3 Å². The van der Waals surface area contributed by atoms with Gasteiger partial charge in [-0.15, -0.1) is 33.2 Å². The first kappa shape index (κ1) is 22.3. The minimum absolute atomic E-state index is 0.0121. The molecule has 0 aromatic carbocycles. The quantitative estimate of drug-likeness (QED) is 0.236. The highest BCUT2D eigenvalue weighted by atomic mass is 32.2. The molecule has 2 N–H and O–H groups in total. The fraction of sp³-hybridized carbons (Fsp3) is 0.643. The van der Waals surface area contributed by atoms with Gasteiger partial charge in [-0.2, -0.15) is 0 Å². The zero-order chi connectivity index (χ0) is 20.0. The number of hydrogen-bond donors (Lipinski definition) is 2. The van der Waals surface area contributed by atoms with Crippen LogP contribution in [0.4, 0.5) is 0 Å². The summed E-state index contributed by atoms with van der Waals surface area (Å²) in [5.41, 5.74) is 0.767. The Morgan fingerprint density at radius 1 is 1.52 bits per heavy atom. The molecule has 0 fully saturated rings. The van der Waals surface area contributed by atoms with E-state index < -0.39 is 20.2 Å². The predicted molar refractivity (Wildman–Crippen MR) is 106 cm³/mol. The molecule has 152 valence electrons. The average molecular weight is 456 g/mol. The number of rotatable bonds is 10. The van der Waals surface area contributed by atoms with E-state index in [0.29, 0.717) is 20.6 Å². The Morgan fingerprint density at radius 3 is 2.93 bits per heavy atom. The zero-order valence-electron chi connectivity index (χ0n) is 14.8. The Labute approximate surface area is 170 Å². The van der Waals surface area contributed by atoms with Gasteiger partial charge in [0.05, 0.1) is 15.2 Å². The van der Waals surface area contributed by atoms with Crippen LogP contribution in [0.2, 0.25) is 0 Å². The summed E-state index contributed by atoms with van der Waals surface area (Å²) in [6.45, 7) is 4.36. The van der Waals surface area contributed by atoms with Gasteiger partial charge in [-0.25, -0.2) is 8.42 Å². The summed E-state index contributed by atoms with van der Waals surface area (Å²) in [5, 5.41) is 12.0. The van der Waals surface area contributed by atoms with Crippen molar-refractivity contribution in [3.05, 3.63) is 21.7 Å². The molecule has 2 atom stereocenters. The van der Waals surface area contributed by atoms with Crippen LogP contribution in [0.25, 0.3) is 0 Å². The number of nitrogens with zero attached hydrogens (tertiary/aromatic N) is 1. The van der Waals surface area contributed by atoms with Gasteiger partial charge in [-0.3, -0.25) is 9.52 Å². The van der Waals surface area contributed by atoms with Gasteiger partial charge in [0.25, 0.3) is 5.09 Å². The Kier molecular flexibility index (Phi) is 8.21. The third-order valence-corrected chi connectivity index (χ3v) is 9.57. The number of hydrogen-bond acceptors (Lipinski definition) is 10. The molecule has 0 radical (unpaired) electrons. The van der Waals surface area contributed by atoms with Crippen LogP contribution in [0.15, 0.2) is 14.5 Å². The van der Waals surface area contributed by atoms with Crippen molar-refractivity contribution in [1.29, 1.82) is 0 Å². The Bertz CT molecular complexity index is 782. The first-order valence-corrected chi connectivity index (χ1v) is 12.5. The first-order chi connectivity index (χ1) is 12.8. The molecule has 0 spiro atoms. The van der Waals surface area contributed by atoms with Crippen LogP contribution < -0.4 is 10.0 Å². The number of carbonyl (C=O) groups excluding carboxylic acids is 1. The van der Waals surface area contributed by atoms with Crippen molar-refractivity contribution in [2.24, 2.45) is 0 Å². The van der Waals surface area contributed by atoms with Gasteiger partial charge in [0, 0.05) is 11.8 Å². The van der Waals surface area contributed by atoms with E-state index in [1.807, 2.05) is 13.0 Å². The van der Waals surface area contributed by atoms with Crippen molar-refractivity contribution >= 4 is 50.8 Å². The molecule has 0 saturated heterocycles. The smallest absolute Gasteiger partial charge is 0.294 e. The number of thiophene rings is 1. The molecule has 2 rings (SSSR count). The molecule has 0 aliphatic carbocycles. The second-order valence-corrected chi connectivity index (χ2v) is 11.6. The molecular weight excluding hydrogens is 434 g/mol. The van der Waals surface area contributed by atoms with Gasteiger partial charge in [-0.05, 0) is 43.5 Å². The largest absolute Gasteiger partial charge is 0.313 e. The van der Waals surface area contributed by atoms with Gasteiger partial charge in [0.15, 0.2) is 9.84 Å². The molecule has 1 aromatic heterocycles. The molecule has 0 bridgehead atoms. The number of thioether (sulfide) groups is 1. The highest BCUT2D eigenvalue weighted by Gasteiger charge is 2.38. The van der Waals surface area contributed by atoms with Gasteiger partial charge >= 0.3 is 0 Å². The minimum atomic E-state index is -3.34. The number of amides is 1. The van der Waals surface area contributed by atoms with E-state index in [0.717, 1.165) is 24.1 Å². The predicted octanol–water partition coefficient (Wildman–Crippen LogP) is 2.03. The van der Waals surface area contributed by atoms with Crippen molar-refractivity contribution in [3.63, 3.8) is 0 Å². The molecular formula is C14H21N3O6S4. The summed E-state index contributed by atoms with van der Waals surface area (Å²) in [6.07, 6.45) is 0.527. The van der Waals surface area contributed by atoms with Crippen LogP contribution in [0, 0.1) is 10.1 Å². The maximum Gasteiger partial charge on any atom is 0.294 e. The highest BCUT2D eigenvalue weighted by Crippen LogP contribution is 2.43. The third-order valence-electron chi connectivity index (χ3n) is 3.81. The Balaban J connectivity index is 1.92. The molecule has 13 heteroatoms. The van der Waals surface area contributed by atoms with Crippen molar-refractivity contribution in [3.8, 4) is 0 Å². The van der Waals surface area contributed by atoms with Crippen LogP contribution in [0.3, 0.4) is 0 Å². The fourth-order valence-electron chi connectivity index (χ4n) is 2.56. The number of sulfone groups is 1. The summed E-state index contributed by atoms with van der Waals surface area (Å²) < 4.78 is 28.9. The van der Waals surface area contributed by atoms with Crippen LogP contribution in [-0.2, 0) is 19.5 Å². The second-order valence-electron chi connectivity index (χ2n) is 5.75. The Hall–Kier alpha value is -1.02. The summed E-state index contributed by atoms with van der Waals surface area (Å²) in [5.74, 6) is 0.207. The zero-order valence-corrected chi connectivity index (χ0v) is 18.1. The number of carbonyl (C=O) groups is 1. The molecule has 1 aromatic rings. The normalized spacial score (nSPS) is 20.7. The lowest BCUT2D eigenvalue weighted by Gasteiger charge is -2.27.